The highest BCUT2D eigenvalue weighted by molar-refractivity contribution is 6.01. The average molecular weight is 553 g/mol. The second-order valence-electron chi connectivity index (χ2n) is 11.3. The van der Waals surface area contributed by atoms with Gasteiger partial charge in [-0.15, -0.1) is 0 Å². The van der Waals surface area contributed by atoms with Crippen LogP contribution in [0, 0.1) is 5.92 Å². The number of hydrogen-bond acceptors (Lipinski definition) is 6. The Kier molecular flexibility index (Phi) is 10.3. The number of likely N-dealkylation sites (N-methyl/N-ethyl adjacent to an activating group) is 1. The van der Waals surface area contributed by atoms with Crippen LogP contribution in [0.2, 0.25) is 0 Å². The molecule has 40 heavy (non-hydrogen) atoms. The number of nitrogens with one attached hydrogen (secondary N) is 2. The molecule has 1 fully saturated rings. The SMILES string of the molecule is COc1ccc(CN(C)C[C@@H]2Oc3c(NC(=O)NC4CCCCC4)cccc3C(=O)N([C@H](C)CO)C[C@H]2C)cc1. The van der Waals surface area contributed by atoms with Crippen LogP contribution in [-0.2, 0) is 6.54 Å². The number of ether oxygens (including phenoxy) is 2. The zero-order valence-electron chi connectivity index (χ0n) is 24.2. The number of aliphatic hydroxyl groups excluding tert-OH is 1. The molecule has 2 aromatic rings. The minimum absolute atomic E-state index is 0.0338. The van der Waals surface area contributed by atoms with E-state index in [9.17, 15) is 14.7 Å². The van der Waals surface area contributed by atoms with Crippen molar-refractivity contribution < 1.29 is 24.2 Å². The highest BCUT2D eigenvalue weighted by Crippen LogP contribution is 2.35. The largest absolute Gasteiger partial charge is 0.497 e. The van der Waals surface area contributed by atoms with Gasteiger partial charge in [-0.1, -0.05) is 44.4 Å². The molecule has 2 aliphatic rings. The average Bonchev–Trinajstić information content (AvgIpc) is 2.95. The Labute approximate surface area is 237 Å². The number of anilines is 1. The second kappa shape index (κ2) is 13.9. The number of carbonyl (C=O) groups is 2. The summed E-state index contributed by atoms with van der Waals surface area (Å²) < 4.78 is 11.9. The van der Waals surface area contributed by atoms with E-state index in [1.54, 1.807) is 30.2 Å². The van der Waals surface area contributed by atoms with Crippen molar-refractivity contribution in [2.75, 3.05) is 39.2 Å². The van der Waals surface area contributed by atoms with Crippen molar-refractivity contribution in [3.63, 3.8) is 0 Å². The number of hydrogen-bond donors (Lipinski definition) is 3. The van der Waals surface area contributed by atoms with Crippen LogP contribution in [-0.4, -0.2) is 78.9 Å². The van der Waals surface area contributed by atoms with Crippen LogP contribution in [0.15, 0.2) is 42.5 Å². The Morgan fingerprint density at radius 2 is 1.90 bits per heavy atom. The fourth-order valence-corrected chi connectivity index (χ4v) is 5.56. The monoisotopic (exact) mass is 552 g/mol. The predicted octanol–water partition coefficient (Wildman–Crippen LogP) is 4.50. The van der Waals surface area contributed by atoms with Crippen molar-refractivity contribution in [2.24, 2.45) is 5.92 Å². The maximum atomic E-state index is 13.7. The first-order valence-electron chi connectivity index (χ1n) is 14.4. The maximum absolute atomic E-state index is 13.7. The molecule has 3 atom stereocenters. The number of para-hydroxylation sites is 1. The molecule has 0 saturated heterocycles. The molecule has 1 saturated carbocycles. The lowest BCUT2D eigenvalue weighted by Gasteiger charge is -2.38. The molecule has 4 rings (SSSR count). The Hall–Kier alpha value is -3.30. The van der Waals surface area contributed by atoms with Gasteiger partial charge in [0.05, 0.1) is 31.0 Å². The molecule has 3 N–H and O–H groups in total. The smallest absolute Gasteiger partial charge is 0.319 e. The molecule has 0 unspecified atom stereocenters. The molecular weight excluding hydrogens is 508 g/mol. The van der Waals surface area contributed by atoms with Crippen LogP contribution in [0.1, 0.15) is 61.9 Å². The van der Waals surface area contributed by atoms with E-state index in [4.69, 9.17) is 9.47 Å². The number of urea groups is 1. The zero-order valence-corrected chi connectivity index (χ0v) is 24.2. The molecule has 1 aliphatic carbocycles. The summed E-state index contributed by atoms with van der Waals surface area (Å²) in [4.78, 5) is 30.6. The molecule has 0 radical (unpaired) electrons. The molecule has 9 nitrogen and oxygen atoms in total. The molecule has 9 heteroatoms. The van der Waals surface area contributed by atoms with E-state index in [2.05, 4.69) is 22.5 Å². The third-order valence-corrected chi connectivity index (χ3v) is 7.98. The Morgan fingerprint density at radius 3 is 2.58 bits per heavy atom. The van der Waals surface area contributed by atoms with Gasteiger partial charge in [0.25, 0.3) is 5.91 Å². The van der Waals surface area contributed by atoms with Crippen molar-refractivity contribution in [1.29, 1.82) is 0 Å². The third kappa shape index (κ3) is 7.46. The van der Waals surface area contributed by atoms with Crippen molar-refractivity contribution in [3.8, 4) is 11.5 Å². The lowest BCUT2D eigenvalue weighted by molar-refractivity contribution is 0.0343. The second-order valence-corrected chi connectivity index (χ2v) is 11.3. The number of carbonyl (C=O) groups excluding carboxylic acids is 2. The molecule has 0 bridgehead atoms. The number of rotatable bonds is 9. The number of amides is 3. The molecule has 0 aromatic heterocycles. The number of benzene rings is 2. The van der Waals surface area contributed by atoms with Gasteiger partial charge in [-0.3, -0.25) is 9.69 Å². The maximum Gasteiger partial charge on any atom is 0.319 e. The van der Waals surface area contributed by atoms with Gasteiger partial charge in [0, 0.05) is 31.6 Å². The van der Waals surface area contributed by atoms with Crippen molar-refractivity contribution in [3.05, 3.63) is 53.6 Å². The molecular formula is C31H44N4O5. The fraction of sp³-hybridized carbons (Fsp3) is 0.548. The zero-order chi connectivity index (χ0) is 28.6. The van der Waals surface area contributed by atoms with E-state index in [0.717, 1.165) is 37.0 Å². The van der Waals surface area contributed by atoms with Gasteiger partial charge in [0.15, 0.2) is 5.75 Å². The first-order valence-corrected chi connectivity index (χ1v) is 14.4. The highest BCUT2D eigenvalue weighted by Gasteiger charge is 2.34. The van der Waals surface area contributed by atoms with E-state index in [1.165, 1.54) is 6.42 Å². The van der Waals surface area contributed by atoms with Crippen LogP contribution < -0.4 is 20.1 Å². The summed E-state index contributed by atoms with van der Waals surface area (Å²) >= 11 is 0. The lowest BCUT2D eigenvalue weighted by atomic mass is 9.96. The van der Waals surface area contributed by atoms with Crippen LogP contribution in [0.4, 0.5) is 10.5 Å². The molecule has 1 heterocycles. The van der Waals surface area contributed by atoms with Gasteiger partial charge in [-0.2, -0.15) is 0 Å². The molecule has 3 amide bonds. The Bertz CT molecular complexity index is 1140. The summed E-state index contributed by atoms with van der Waals surface area (Å²) in [7, 11) is 3.70. The number of fused-ring (bicyclic) bond motifs is 1. The number of nitrogens with zero attached hydrogens (tertiary/aromatic N) is 2. The summed E-state index contributed by atoms with van der Waals surface area (Å²) in [6.07, 6.45) is 5.12. The number of methoxy groups -OCH3 is 1. The Morgan fingerprint density at radius 1 is 1.18 bits per heavy atom. The van der Waals surface area contributed by atoms with E-state index in [-0.39, 0.29) is 42.7 Å². The third-order valence-electron chi connectivity index (χ3n) is 7.98. The molecule has 0 spiro atoms. The summed E-state index contributed by atoms with van der Waals surface area (Å²) in [6, 6.07) is 12.8. The topological polar surface area (TPSA) is 103 Å². The van der Waals surface area contributed by atoms with Gasteiger partial charge in [-0.25, -0.2) is 4.79 Å². The van der Waals surface area contributed by atoms with Gasteiger partial charge in [0.2, 0.25) is 0 Å². The summed E-state index contributed by atoms with van der Waals surface area (Å²) in [6.45, 7) is 5.53. The summed E-state index contributed by atoms with van der Waals surface area (Å²) in [5.41, 5.74) is 1.99. The summed E-state index contributed by atoms with van der Waals surface area (Å²) in [5.74, 6) is 0.935. The molecule has 2 aromatic carbocycles. The van der Waals surface area contributed by atoms with E-state index in [0.29, 0.717) is 36.6 Å². The Balaban J connectivity index is 1.58. The standard InChI is InChI=1S/C31H44N4O5/c1-21-17-35(22(2)20-36)30(37)26-11-8-12-27(33-31(38)32-24-9-6-5-7-10-24)29(26)40-28(21)19-34(3)18-23-13-15-25(39-4)16-14-23/h8,11-16,21-22,24,28,36H,5-7,9-10,17-20H2,1-4H3,(H2,32,33,38)/t21-,22-,28+/m1/s1. The van der Waals surface area contributed by atoms with E-state index < -0.39 is 0 Å². The molecule has 1 aliphatic heterocycles. The van der Waals surface area contributed by atoms with Crippen LogP contribution >= 0.6 is 0 Å². The van der Waals surface area contributed by atoms with Gasteiger partial charge in [0.1, 0.15) is 11.9 Å². The van der Waals surface area contributed by atoms with E-state index >= 15 is 0 Å². The van der Waals surface area contributed by atoms with Gasteiger partial charge < -0.3 is 30.1 Å². The van der Waals surface area contributed by atoms with Gasteiger partial charge in [-0.05, 0) is 56.6 Å². The quantitative estimate of drug-likeness (QED) is 0.423. The van der Waals surface area contributed by atoms with Gasteiger partial charge >= 0.3 is 6.03 Å². The first-order chi connectivity index (χ1) is 19.3. The van der Waals surface area contributed by atoms with Crippen molar-refractivity contribution >= 4 is 17.6 Å². The normalized spacial score (nSPS) is 20.6. The van der Waals surface area contributed by atoms with Crippen LogP contribution in [0.3, 0.4) is 0 Å². The minimum atomic E-state index is -0.357. The fourth-order valence-electron chi connectivity index (χ4n) is 5.56. The predicted molar refractivity (Wildman–Crippen MR) is 156 cm³/mol. The minimum Gasteiger partial charge on any atom is -0.497 e. The molecule has 218 valence electrons. The number of aliphatic hydroxyl groups is 1. The highest BCUT2D eigenvalue weighted by atomic mass is 16.5. The summed E-state index contributed by atoms with van der Waals surface area (Å²) in [5, 5.41) is 16.0. The van der Waals surface area contributed by atoms with Crippen molar-refractivity contribution in [2.45, 2.75) is 70.7 Å². The first kappa shape index (κ1) is 29.7. The van der Waals surface area contributed by atoms with Crippen molar-refractivity contribution in [1.82, 2.24) is 15.1 Å². The van der Waals surface area contributed by atoms with Crippen LogP contribution in [0.25, 0.3) is 0 Å². The van der Waals surface area contributed by atoms with E-state index in [1.807, 2.05) is 38.2 Å². The lowest BCUT2D eigenvalue weighted by Crippen LogP contribution is -2.50. The van der Waals surface area contributed by atoms with Crippen LogP contribution in [0.5, 0.6) is 11.5 Å².